The molecular formula is C22H28N4O3. The Morgan fingerprint density at radius 2 is 1.90 bits per heavy atom. The van der Waals surface area contributed by atoms with Gasteiger partial charge >= 0.3 is 6.03 Å². The smallest absolute Gasteiger partial charge is 0.315 e. The summed E-state index contributed by atoms with van der Waals surface area (Å²) in [5.41, 5.74) is 2.05. The number of carbonyl (C=O) groups is 2. The lowest BCUT2D eigenvalue weighted by molar-refractivity contribution is -0.117. The number of anilines is 1. The summed E-state index contributed by atoms with van der Waals surface area (Å²) < 4.78 is 5.15. The van der Waals surface area contributed by atoms with Crippen LogP contribution in [0.25, 0.3) is 0 Å². The van der Waals surface area contributed by atoms with E-state index in [0.717, 1.165) is 24.5 Å². The Labute approximate surface area is 171 Å². The zero-order valence-electron chi connectivity index (χ0n) is 16.9. The molecule has 2 aromatic carbocycles. The summed E-state index contributed by atoms with van der Waals surface area (Å²) in [6, 6.07) is 17.1. The van der Waals surface area contributed by atoms with Gasteiger partial charge in [0.05, 0.1) is 13.2 Å². The first kappa shape index (κ1) is 20.7. The molecule has 1 atom stereocenters. The summed E-state index contributed by atoms with van der Waals surface area (Å²) in [4.78, 5) is 28.3. The number of benzene rings is 2. The van der Waals surface area contributed by atoms with Crippen molar-refractivity contribution in [3.63, 3.8) is 0 Å². The van der Waals surface area contributed by atoms with Crippen molar-refractivity contribution in [1.82, 2.24) is 15.5 Å². The molecule has 2 N–H and O–H groups in total. The normalized spacial score (nSPS) is 16.2. The molecule has 0 bridgehead atoms. The molecule has 0 aliphatic carbocycles. The van der Waals surface area contributed by atoms with Crippen LogP contribution in [0.1, 0.15) is 12.0 Å². The fourth-order valence-electron chi connectivity index (χ4n) is 3.39. The minimum absolute atomic E-state index is 0.00283. The number of ether oxygens (including phenoxy) is 1. The molecule has 154 valence electrons. The number of nitrogens with zero attached hydrogens (tertiary/aromatic N) is 2. The molecule has 1 fully saturated rings. The van der Waals surface area contributed by atoms with Crippen molar-refractivity contribution < 1.29 is 14.3 Å². The largest absolute Gasteiger partial charge is 0.497 e. The van der Waals surface area contributed by atoms with Gasteiger partial charge in [0, 0.05) is 38.3 Å². The summed E-state index contributed by atoms with van der Waals surface area (Å²) in [5.74, 6) is 0.745. The van der Waals surface area contributed by atoms with Crippen molar-refractivity contribution in [2.75, 3.05) is 38.7 Å². The quantitative estimate of drug-likeness (QED) is 0.718. The van der Waals surface area contributed by atoms with E-state index in [4.69, 9.17) is 4.74 Å². The third-order valence-corrected chi connectivity index (χ3v) is 4.92. The molecule has 1 aliphatic rings. The van der Waals surface area contributed by atoms with Crippen LogP contribution in [0.4, 0.5) is 10.5 Å². The number of rotatable bonds is 8. The van der Waals surface area contributed by atoms with Gasteiger partial charge in [-0.3, -0.25) is 4.79 Å². The van der Waals surface area contributed by atoms with Gasteiger partial charge in [0.25, 0.3) is 0 Å². The van der Waals surface area contributed by atoms with Crippen molar-refractivity contribution in [1.29, 1.82) is 0 Å². The Kier molecular flexibility index (Phi) is 7.08. The maximum atomic E-state index is 12.3. The van der Waals surface area contributed by atoms with E-state index in [2.05, 4.69) is 27.7 Å². The van der Waals surface area contributed by atoms with Gasteiger partial charge in [0.1, 0.15) is 5.75 Å². The van der Waals surface area contributed by atoms with Gasteiger partial charge in [-0.05, 0) is 36.9 Å². The highest BCUT2D eigenvalue weighted by Gasteiger charge is 2.31. The number of hydrogen-bond acceptors (Lipinski definition) is 4. The number of nitrogens with one attached hydrogen (secondary N) is 2. The Morgan fingerprint density at radius 3 is 2.59 bits per heavy atom. The van der Waals surface area contributed by atoms with Crippen molar-refractivity contribution in [2.45, 2.75) is 19.0 Å². The Hall–Kier alpha value is -3.06. The second-order valence-corrected chi connectivity index (χ2v) is 7.23. The van der Waals surface area contributed by atoms with E-state index in [1.54, 1.807) is 12.0 Å². The van der Waals surface area contributed by atoms with Crippen molar-refractivity contribution in [3.05, 3.63) is 60.2 Å². The first-order valence-electron chi connectivity index (χ1n) is 9.76. The number of carbonyl (C=O) groups excluding carboxylic acids is 2. The predicted octanol–water partition coefficient (Wildman–Crippen LogP) is 2.23. The molecule has 0 radical (unpaired) electrons. The third-order valence-electron chi connectivity index (χ3n) is 4.92. The lowest BCUT2D eigenvalue weighted by Crippen LogP contribution is -2.45. The second kappa shape index (κ2) is 9.93. The highest BCUT2D eigenvalue weighted by Crippen LogP contribution is 2.24. The van der Waals surface area contributed by atoms with Crippen LogP contribution in [-0.2, 0) is 11.3 Å². The second-order valence-electron chi connectivity index (χ2n) is 7.23. The zero-order chi connectivity index (χ0) is 20.6. The van der Waals surface area contributed by atoms with Gasteiger partial charge in [-0.1, -0.05) is 30.3 Å². The molecule has 3 rings (SSSR count). The van der Waals surface area contributed by atoms with Crippen molar-refractivity contribution in [2.24, 2.45) is 0 Å². The number of amides is 3. The third kappa shape index (κ3) is 5.96. The standard InChI is InChI=1S/C22H28N4O3/c1-25(15-17-6-4-3-5-7-17)13-12-23-22(28)24-18-14-21(27)26(16-18)19-8-10-20(29-2)11-9-19/h3-11,18H,12-16H2,1-2H3,(H2,23,24,28)/t18-/m1/s1. The Bertz CT molecular complexity index is 811. The fourth-order valence-corrected chi connectivity index (χ4v) is 3.39. The molecule has 0 spiro atoms. The summed E-state index contributed by atoms with van der Waals surface area (Å²) in [6.45, 7) is 2.58. The molecular weight excluding hydrogens is 368 g/mol. The van der Waals surface area contributed by atoms with Crippen LogP contribution in [-0.4, -0.2) is 56.7 Å². The fraction of sp³-hybridized carbons (Fsp3) is 0.364. The predicted molar refractivity (Wildman–Crippen MR) is 113 cm³/mol. The lowest BCUT2D eigenvalue weighted by atomic mass is 10.2. The molecule has 7 nitrogen and oxygen atoms in total. The lowest BCUT2D eigenvalue weighted by Gasteiger charge is -2.19. The van der Waals surface area contributed by atoms with E-state index in [1.165, 1.54) is 5.56 Å². The molecule has 1 heterocycles. The van der Waals surface area contributed by atoms with Gasteiger partial charge in [0.15, 0.2) is 0 Å². The highest BCUT2D eigenvalue weighted by atomic mass is 16.5. The number of hydrogen-bond donors (Lipinski definition) is 2. The van der Waals surface area contributed by atoms with Gasteiger partial charge in [-0.25, -0.2) is 4.79 Å². The van der Waals surface area contributed by atoms with Crippen LogP contribution in [0.2, 0.25) is 0 Å². The molecule has 29 heavy (non-hydrogen) atoms. The van der Waals surface area contributed by atoms with Gasteiger partial charge in [-0.2, -0.15) is 0 Å². The van der Waals surface area contributed by atoms with Gasteiger partial charge < -0.3 is 25.2 Å². The topological polar surface area (TPSA) is 73.9 Å². The van der Waals surface area contributed by atoms with Crippen LogP contribution < -0.4 is 20.3 Å². The average Bonchev–Trinajstić information content (AvgIpc) is 3.08. The van der Waals surface area contributed by atoms with Crippen LogP contribution >= 0.6 is 0 Å². The van der Waals surface area contributed by atoms with E-state index in [-0.39, 0.29) is 18.0 Å². The first-order chi connectivity index (χ1) is 14.0. The number of urea groups is 1. The van der Waals surface area contributed by atoms with E-state index >= 15 is 0 Å². The van der Waals surface area contributed by atoms with Crippen molar-refractivity contribution in [3.8, 4) is 5.75 Å². The number of likely N-dealkylation sites (N-methyl/N-ethyl adjacent to an activating group) is 1. The summed E-state index contributed by atoms with van der Waals surface area (Å²) in [6.07, 6.45) is 0.299. The zero-order valence-corrected chi connectivity index (χ0v) is 16.9. The van der Waals surface area contributed by atoms with Crippen LogP contribution in [0.3, 0.4) is 0 Å². The molecule has 2 aromatic rings. The highest BCUT2D eigenvalue weighted by molar-refractivity contribution is 5.96. The molecule has 0 saturated carbocycles. The molecule has 0 unspecified atom stereocenters. The minimum Gasteiger partial charge on any atom is -0.497 e. The van der Waals surface area contributed by atoms with Crippen molar-refractivity contribution >= 4 is 17.6 Å². The Balaban J connectivity index is 1.39. The summed E-state index contributed by atoms with van der Waals surface area (Å²) in [7, 11) is 3.63. The van der Waals surface area contributed by atoms with Crippen LogP contribution in [0, 0.1) is 0 Å². The molecule has 1 aliphatic heterocycles. The Morgan fingerprint density at radius 1 is 1.17 bits per heavy atom. The maximum Gasteiger partial charge on any atom is 0.315 e. The minimum atomic E-state index is -0.243. The van der Waals surface area contributed by atoms with E-state index < -0.39 is 0 Å². The van der Waals surface area contributed by atoms with Gasteiger partial charge in [0.2, 0.25) is 5.91 Å². The molecule has 3 amide bonds. The molecule has 1 saturated heterocycles. The SMILES string of the molecule is COc1ccc(N2C[C@H](NC(=O)NCCN(C)Cc3ccccc3)CC2=O)cc1. The summed E-state index contributed by atoms with van der Waals surface area (Å²) in [5, 5.41) is 5.77. The monoisotopic (exact) mass is 396 g/mol. The van der Waals surface area contributed by atoms with E-state index in [1.807, 2.05) is 49.5 Å². The van der Waals surface area contributed by atoms with E-state index in [0.29, 0.717) is 19.5 Å². The van der Waals surface area contributed by atoms with Crippen LogP contribution in [0.15, 0.2) is 54.6 Å². The molecule has 7 heteroatoms. The number of methoxy groups -OCH3 is 1. The summed E-state index contributed by atoms with van der Waals surface area (Å²) >= 11 is 0. The van der Waals surface area contributed by atoms with Crippen LogP contribution in [0.5, 0.6) is 5.75 Å². The molecule has 0 aromatic heterocycles. The van der Waals surface area contributed by atoms with E-state index in [9.17, 15) is 9.59 Å². The average molecular weight is 396 g/mol. The first-order valence-corrected chi connectivity index (χ1v) is 9.76. The van der Waals surface area contributed by atoms with Gasteiger partial charge in [-0.15, -0.1) is 0 Å². The maximum absolute atomic E-state index is 12.3.